The highest BCUT2D eigenvalue weighted by atomic mass is 16.3. The summed E-state index contributed by atoms with van der Waals surface area (Å²) < 4.78 is 0. The Labute approximate surface area is 122 Å². The Balaban J connectivity index is 2.75. The number of hydrogen-bond donors (Lipinski definition) is 1. The quantitative estimate of drug-likeness (QED) is 0.831. The monoisotopic (exact) mass is 278 g/mol. The van der Waals surface area contributed by atoms with Crippen LogP contribution in [0.1, 0.15) is 27.7 Å². The van der Waals surface area contributed by atoms with Gasteiger partial charge in [0.05, 0.1) is 12.6 Å². The number of aliphatic hydroxyl groups is 1. The molecule has 1 unspecified atom stereocenters. The predicted octanol–water partition coefficient (Wildman–Crippen LogP) is 2.13. The summed E-state index contributed by atoms with van der Waals surface area (Å²) in [7, 11) is 0. The number of nitrogens with zero attached hydrogens (tertiary/aromatic N) is 2. The van der Waals surface area contributed by atoms with Gasteiger partial charge in [-0.15, -0.1) is 0 Å². The van der Waals surface area contributed by atoms with Crippen molar-refractivity contribution in [3.05, 3.63) is 30.3 Å². The zero-order valence-electron chi connectivity index (χ0n) is 12.9. The zero-order valence-corrected chi connectivity index (χ0v) is 12.9. The van der Waals surface area contributed by atoms with E-state index < -0.39 is 6.10 Å². The van der Waals surface area contributed by atoms with Crippen LogP contribution in [-0.4, -0.2) is 47.7 Å². The van der Waals surface area contributed by atoms with Gasteiger partial charge >= 0.3 is 0 Å². The number of para-hydroxylation sites is 1. The smallest absolute Gasteiger partial charge is 0.242 e. The number of carbonyl (C=O) groups excluding carboxylic acids is 1. The fourth-order valence-electron chi connectivity index (χ4n) is 2.16. The first kappa shape index (κ1) is 16.5. The highest BCUT2D eigenvalue weighted by Crippen LogP contribution is 2.13. The van der Waals surface area contributed by atoms with Crippen molar-refractivity contribution in [3.8, 4) is 0 Å². The van der Waals surface area contributed by atoms with Gasteiger partial charge in [0.25, 0.3) is 0 Å². The van der Waals surface area contributed by atoms with Gasteiger partial charge in [-0.2, -0.15) is 0 Å². The molecule has 1 amide bonds. The second-order valence-corrected chi connectivity index (χ2v) is 5.34. The molecule has 0 aromatic heterocycles. The molecule has 0 radical (unpaired) electrons. The lowest BCUT2D eigenvalue weighted by Gasteiger charge is -2.31. The number of likely N-dealkylation sites (N-methyl/N-ethyl adjacent to an activating group) is 1. The van der Waals surface area contributed by atoms with E-state index in [1.54, 1.807) is 11.8 Å². The fraction of sp³-hybridized carbons (Fsp3) is 0.562. The van der Waals surface area contributed by atoms with Crippen LogP contribution in [0, 0.1) is 0 Å². The van der Waals surface area contributed by atoms with Crippen molar-refractivity contribution in [1.29, 1.82) is 0 Å². The molecule has 0 aliphatic carbocycles. The van der Waals surface area contributed by atoms with Crippen LogP contribution in [-0.2, 0) is 4.79 Å². The highest BCUT2D eigenvalue weighted by molar-refractivity contribution is 5.81. The number of rotatable bonds is 7. The van der Waals surface area contributed by atoms with Gasteiger partial charge in [0.2, 0.25) is 5.91 Å². The van der Waals surface area contributed by atoms with E-state index in [1.807, 2.05) is 56.0 Å². The molecule has 1 rings (SSSR count). The lowest BCUT2D eigenvalue weighted by atomic mass is 10.2. The first-order chi connectivity index (χ1) is 9.45. The molecular weight excluding hydrogens is 252 g/mol. The lowest BCUT2D eigenvalue weighted by Crippen LogP contribution is -2.46. The minimum atomic E-state index is -0.506. The Hall–Kier alpha value is -1.55. The largest absolute Gasteiger partial charge is 0.392 e. The zero-order chi connectivity index (χ0) is 15.1. The molecule has 1 atom stereocenters. The topological polar surface area (TPSA) is 43.8 Å². The molecule has 0 aliphatic heterocycles. The third-order valence-electron chi connectivity index (χ3n) is 3.23. The third-order valence-corrected chi connectivity index (χ3v) is 3.23. The summed E-state index contributed by atoms with van der Waals surface area (Å²) in [6.45, 7) is 9.18. The van der Waals surface area contributed by atoms with Gasteiger partial charge in [-0.05, 0) is 39.8 Å². The molecule has 0 aliphatic rings. The summed E-state index contributed by atoms with van der Waals surface area (Å²) in [5.41, 5.74) is 1.05. The van der Waals surface area contributed by atoms with E-state index >= 15 is 0 Å². The minimum absolute atomic E-state index is 0.0478. The van der Waals surface area contributed by atoms with E-state index in [9.17, 15) is 9.90 Å². The normalized spacial score (nSPS) is 12.3. The second kappa shape index (κ2) is 7.90. The van der Waals surface area contributed by atoms with Crippen molar-refractivity contribution in [2.45, 2.75) is 39.8 Å². The fourth-order valence-corrected chi connectivity index (χ4v) is 2.16. The van der Waals surface area contributed by atoms with Crippen LogP contribution in [0.25, 0.3) is 0 Å². The van der Waals surface area contributed by atoms with Gasteiger partial charge in [0.15, 0.2) is 0 Å². The SMILES string of the molecule is CCN(CC(=O)N(CC(C)O)C(C)C)c1ccccc1. The molecule has 1 N–H and O–H groups in total. The van der Waals surface area contributed by atoms with Gasteiger partial charge in [0, 0.05) is 24.8 Å². The Morgan fingerprint density at radius 3 is 2.25 bits per heavy atom. The summed E-state index contributed by atoms with van der Waals surface area (Å²) in [5.74, 6) is 0.0478. The van der Waals surface area contributed by atoms with E-state index in [4.69, 9.17) is 0 Å². The second-order valence-electron chi connectivity index (χ2n) is 5.34. The van der Waals surface area contributed by atoms with Crippen LogP contribution in [0.4, 0.5) is 5.69 Å². The molecule has 0 spiro atoms. The Bertz CT molecular complexity index is 404. The van der Waals surface area contributed by atoms with Crippen molar-refractivity contribution in [2.75, 3.05) is 24.5 Å². The van der Waals surface area contributed by atoms with E-state index in [1.165, 1.54) is 0 Å². The number of hydrogen-bond acceptors (Lipinski definition) is 3. The number of anilines is 1. The van der Waals surface area contributed by atoms with E-state index in [-0.39, 0.29) is 11.9 Å². The summed E-state index contributed by atoms with van der Waals surface area (Å²) in [6.07, 6.45) is -0.506. The molecule has 0 saturated heterocycles. The molecular formula is C16H26N2O2. The summed E-state index contributed by atoms with van der Waals surface area (Å²) in [4.78, 5) is 16.2. The summed E-state index contributed by atoms with van der Waals surface area (Å²) in [6, 6.07) is 10.0. The van der Waals surface area contributed by atoms with Gasteiger partial charge in [-0.1, -0.05) is 18.2 Å². The average molecular weight is 278 g/mol. The first-order valence-corrected chi connectivity index (χ1v) is 7.23. The van der Waals surface area contributed by atoms with Crippen LogP contribution >= 0.6 is 0 Å². The van der Waals surface area contributed by atoms with Crippen molar-refractivity contribution in [1.82, 2.24) is 4.90 Å². The number of benzene rings is 1. The van der Waals surface area contributed by atoms with E-state index in [0.717, 1.165) is 12.2 Å². The van der Waals surface area contributed by atoms with Crippen molar-refractivity contribution >= 4 is 11.6 Å². The van der Waals surface area contributed by atoms with Crippen LogP contribution in [0.3, 0.4) is 0 Å². The average Bonchev–Trinajstić information content (AvgIpc) is 2.42. The van der Waals surface area contributed by atoms with Crippen molar-refractivity contribution in [3.63, 3.8) is 0 Å². The molecule has 0 fully saturated rings. The molecule has 4 heteroatoms. The van der Waals surface area contributed by atoms with Crippen LogP contribution < -0.4 is 4.90 Å². The van der Waals surface area contributed by atoms with Crippen LogP contribution in [0.15, 0.2) is 30.3 Å². The molecule has 0 saturated carbocycles. The van der Waals surface area contributed by atoms with Crippen LogP contribution in [0.2, 0.25) is 0 Å². The Kier molecular flexibility index (Phi) is 6.52. The van der Waals surface area contributed by atoms with Crippen LogP contribution in [0.5, 0.6) is 0 Å². The van der Waals surface area contributed by atoms with E-state index in [2.05, 4.69) is 0 Å². The maximum absolute atomic E-state index is 12.4. The molecule has 1 aromatic carbocycles. The lowest BCUT2D eigenvalue weighted by molar-refractivity contribution is -0.132. The molecule has 112 valence electrons. The minimum Gasteiger partial charge on any atom is -0.392 e. The van der Waals surface area contributed by atoms with Gasteiger partial charge in [0.1, 0.15) is 0 Å². The Morgan fingerprint density at radius 2 is 1.80 bits per heavy atom. The standard InChI is InChI=1S/C16H26N2O2/c1-5-17(15-9-7-6-8-10-15)12-16(20)18(13(2)3)11-14(4)19/h6-10,13-14,19H,5,11-12H2,1-4H3. The van der Waals surface area contributed by atoms with Crippen molar-refractivity contribution in [2.24, 2.45) is 0 Å². The number of aliphatic hydroxyl groups excluding tert-OH is 1. The third kappa shape index (κ3) is 4.85. The predicted molar refractivity (Wildman–Crippen MR) is 82.9 cm³/mol. The molecule has 0 heterocycles. The summed E-state index contributed by atoms with van der Waals surface area (Å²) in [5, 5.41) is 9.52. The van der Waals surface area contributed by atoms with Crippen molar-refractivity contribution < 1.29 is 9.90 Å². The van der Waals surface area contributed by atoms with Gasteiger partial charge in [-0.25, -0.2) is 0 Å². The highest BCUT2D eigenvalue weighted by Gasteiger charge is 2.20. The Morgan fingerprint density at radius 1 is 1.20 bits per heavy atom. The molecule has 4 nitrogen and oxygen atoms in total. The van der Waals surface area contributed by atoms with Gasteiger partial charge in [-0.3, -0.25) is 4.79 Å². The molecule has 0 bridgehead atoms. The number of amides is 1. The van der Waals surface area contributed by atoms with E-state index in [0.29, 0.717) is 13.1 Å². The maximum Gasteiger partial charge on any atom is 0.242 e. The molecule has 1 aromatic rings. The summed E-state index contributed by atoms with van der Waals surface area (Å²) >= 11 is 0. The number of carbonyl (C=O) groups is 1. The first-order valence-electron chi connectivity index (χ1n) is 7.23. The van der Waals surface area contributed by atoms with Gasteiger partial charge < -0.3 is 14.9 Å². The maximum atomic E-state index is 12.4. The molecule has 20 heavy (non-hydrogen) atoms.